The lowest BCUT2D eigenvalue weighted by Gasteiger charge is -2.15. The molecule has 8 nitrogen and oxygen atoms in total. The highest BCUT2D eigenvalue weighted by atomic mass is 16.7. The molecule has 3 aromatic carbocycles. The number of benzene rings is 3. The minimum atomic E-state index is -1.02. The van der Waals surface area contributed by atoms with Gasteiger partial charge in [-0.25, -0.2) is 4.79 Å². The third kappa shape index (κ3) is 12.0. The Morgan fingerprint density at radius 1 is 0.738 bits per heavy atom. The minimum absolute atomic E-state index is 0.0858. The SMILES string of the molecule is CCC(CC)CCOC(=O)OC(=O)CCC(=O)NCCc1ccc(OCc2ccccc2)c(OCc2ccccc2)c1. The van der Waals surface area contributed by atoms with Crippen LogP contribution in [0.5, 0.6) is 11.5 Å². The van der Waals surface area contributed by atoms with Crippen LogP contribution >= 0.6 is 0 Å². The Bertz CT molecular complexity index is 1240. The summed E-state index contributed by atoms with van der Waals surface area (Å²) in [5, 5.41) is 2.80. The maximum Gasteiger partial charge on any atom is 0.516 e. The Kier molecular flexibility index (Phi) is 13.9. The molecule has 0 aliphatic carbocycles. The number of carbonyl (C=O) groups excluding carboxylic acids is 3. The first-order valence-electron chi connectivity index (χ1n) is 14.6. The molecule has 0 bridgehead atoms. The maximum absolute atomic E-state index is 12.3. The Balaban J connectivity index is 1.44. The van der Waals surface area contributed by atoms with Crippen molar-refractivity contribution in [1.29, 1.82) is 0 Å². The van der Waals surface area contributed by atoms with Crippen molar-refractivity contribution in [3.05, 3.63) is 95.6 Å². The number of hydrogen-bond acceptors (Lipinski definition) is 7. The molecule has 1 amide bonds. The van der Waals surface area contributed by atoms with Crippen molar-refractivity contribution in [2.24, 2.45) is 5.92 Å². The van der Waals surface area contributed by atoms with E-state index < -0.39 is 12.1 Å². The monoisotopic (exact) mass is 575 g/mol. The van der Waals surface area contributed by atoms with E-state index in [9.17, 15) is 14.4 Å². The van der Waals surface area contributed by atoms with E-state index in [1.807, 2.05) is 78.9 Å². The fourth-order valence-electron chi connectivity index (χ4n) is 4.24. The van der Waals surface area contributed by atoms with Crippen molar-refractivity contribution in [3.63, 3.8) is 0 Å². The average molecular weight is 576 g/mol. The van der Waals surface area contributed by atoms with Crippen LogP contribution in [0.15, 0.2) is 78.9 Å². The van der Waals surface area contributed by atoms with Crippen LogP contribution in [0.2, 0.25) is 0 Å². The summed E-state index contributed by atoms with van der Waals surface area (Å²) >= 11 is 0. The summed E-state index contributed by atoms with van der Waals surface area (Å²) in [4.78, 5) is 35.9. The third-order valence-corrected chi connectivity index (χ3v) is 6.87. The van der Waals surface area contributed by atoms with Gasteiger partial charge >= 0.3 is 12.1 Å². The standard InChI is InChI=1S/C34H41NO7/c1-3-26(4-2)20-22-39-34(38)42-33(37)18-17-32(36)35-21-19-27-15-16-30(40-24-28-11-7-5-8-12-28)31(23-27)41-25-29-13-9-6-10-14-29/h5-16,23,26H,3-4,17-22,24-25H2,1-2H3,(H,35,36). The van der Waals surface area contributed by atoms with Crippen molar-refractivity contribution >= 4 is 18.0 Å². The second kappa shape index (κ2) is 18.2. The Morgan fingerprint density at radius 2 is 1.36 bits per heavy atom. The highest BCUT2D eigenvalue weighted by Gasteiger charge is 2.15. The van der Waals surface area contributed by atoms with Crippen LogP contribution in [0.3, 0.4) is 0 Å². The van der Waals surface area contributed by atoms with Gasteiger partial charge < -0.3 is 24.3 Å². The van der Waals surface area contributed by atoms with Crippen molar-refractivity contribution in [3.8, 4) is 11.5 Å². The van der Waals surface area contributed by atoms with E-state index in [0.717, 1.165) is 36.0 Å². The van der Waals surface area contributed by atoms with Gasteiger partial charge in [-0.2, -0.15) is 0 Å². The Labute approximate surface area is 248 Å². The fourth-order valence-corrected chi connectivity index (χ4v) is 4.24. The number of nitrogens with one attached hydrogen (secondary N) is 1. The quantitative estimate of drug-likeness (QED) is 0.140. The number of amides is 1. The van der Waals surface area contributed by atoms with Crippen LogP contribution < -0.4 is 14.8 Å². The van der Waals surface area contributed by atoms with E-state index in [0.29, 0.717) is 43.6 Å². The summed E-state index contributed by atoms with van der Waals surface area (Å²) in [5.74, 6) is 0.626. The summed E-state index contributed by atoms with van der Waals surface area (Å²) in [6.45, 7) is 5.55. The average Bonchev–Trinajstić information content (AvgIpc) is 3.01. The van der Waals surface area contributed by atoms with Crippen LogP contribution in [-0.4, -0.2) is 31.2 Å². The zero-order valence-corrected chi connectivity index (χ0v) is 24.5. The van der Waals surface area contributed by atoms with E-state index >= 15 is 0 Å². The highest BCUT2D eigenvalue weighted by molar-refractivity contribution is 5.85. The largest absolute Gasteiger partial charge is 0.516 e. The van der Waals surface area contributed by atoms with E-state index in [4.69, 9.17) is 14.2 Å². The van der Waals surface area contributed by atoms with Gasteiger partial charge in [0.05, 0.1) is 13.0 Å². The van der Waals surface area contributed by atoms with Gasteiger partial charge in [0, 0.05) is 13.0 Å². The van der Waals surface area contributed by atoms with Gasteiger partial charge in [0.2, 0.25) is 5.91 Å². The molecule has 0 radical (unpaired) electrons. The molecule has 0 aromatic heterocycles. The van der Waals surface area contributed by atoms with Gasteiger partial charge in [0.15, 0.2) is 11.5 Å². The molecule has 224 valence electrons. The molecule has 0 aliphatic heterocycles. The van der Waals surface area contributed by atoms with Crippen LogP contribution in [0.4, 0.5) is 4.79 Å². The first-order chi connectivity index (χ1) is 20.5. The molecule has 0 unspecified atom stereocenters. The van der Waals surface area contributed by atoms with Crippen LogP contribution in [0.1, 0.15) is 62.6 Å². The number of ether oxygens (including phenoxy) is 4. The van der Waals surface area contributed by atoms with Crippen LogP contribution in [-0.2, 0) is 38.7 Å². The molecule has 0 spiro atoms. The Morgan fingerprint density at radius 3 is 1.98 bits per heavy atom. The normalized spacial score (nSPS) is 10.6. The molecule has 8 heteroatoms. The molecule has 0 atom stereocenters. The highest BCUT2D eigenvalue weighted by Crippen LogP contribution is 2.30. The van der Waals surface area contributed by atoms with Crippen LogP contribution in [0.25, 0.3) is 0 Å². The summed E-state index contributed by atoms with van der Waals surface area (Å²) in [6.07, 6.45) is 1.97. The molecule has 3 rings (SSSR count). The number of esters is 1. The summed E-state index contributed by atoms with van der Waals surface area (Å²) in [5.41, 5.74) is 3.05. The molecular weight excluding hydrogens is 534 g/mol. The second-order valence-corrected chi connectivity index (χ2v) is 9.97. The molecule has 1 N–H and O–H groups in total. The first kappa shape index (κ1) is 32.2. The summed E-state index contributed by atoms with van der Waals surface area (Å²) in [7, 11) is 0. The van der Waals surface area contributed by atoms with Crippen LogP contribution in [0, 0.1) is 5.92 Å². The molecule has 0 fully saturated rings. The van der Waals surface area contributed by atoms with Crippen molar-refractivity contribution < 1.29 is 33.3 Å². The van der Waals surface area contributed by atoms with Gasteiger partial charge in [-0.1, -0.05) is 93.4 Å². The van der Waals surface area contributed by atoms with Gasteiger partial charge in [-0.15, -0.1) is 0 Å². The fraction of sp³-hybridized carbons (Fsp3) is 0.382. The zero-order chi connectivity index (χ0) is 30.0. The number of hydrogen-bond donors (Lipinski definition) is 1. The van der Waals surface area contributed by atoms with Gasteiger partial charge in [0.25, 0.3) is 0 Å². The lowest BCUT2D eigenvalue weighted by molar-refractivity contribution is -0.141. The van der Waals surface area contributed by atoms with Gasteiger partial charge in [0.1, 0.15) is 13.2 Å². The van der Waals surface area contributed by atoms with Crippen molar-refractivity contribution in [2.45, 2.75) is 65.6 Å². The van der Waals surface area contributed by atoms with Gasteiger partial charge in [-0.05, 0) is 47.6 Å². The lowest BCUT2D eigenvalue weighted by atomic mass is 10.0. The van der Waals surface area contributed by atoms with E-state index in [2.05, 4.69) is 23.9 Å². The van der Waals surface area contributed by atoms with Crippen molar-refractivity contribution in [2.75, 3.05) is 13.2 Å². The Hall–Kier alpha value is -4.33. The predicted octanol–water partition coefficient (Wildman–Crippen LogP) is 6.79. The van der Waals surface area contributed by atoms with Crippen molar-refractivity contribution in [1.82, 2.24) is 5.32 Å². The number of carbonyl (C=O) groups is 3. The first-order valence-corrected chi connectivity index (χ1v) is 14.6. The second-order valence-electron chi connectivity index (χ2n) is 9.97. The topological polar surface area (TPSA) is 100 Å². The molecular formula is C34H41NO7. The summed E-state index contributed by atoms with van der Waals surface area (Å²) in [6, 6.07) is 25.5. The predicted molar refractivity (Wildman–Crippen MR) is 160 cm³/mol. The van der Waals surface area contributed by atoms with E-state index in [-0.39, 0.29) is 25.4 Å². The lowest BCUT2D eigenvalue weighted by Crippen LogP contribution is -2.26. The molecule has 42 heavy (non-hydrogen) atoms. The third-order valence-electron chi connectivity index (χ3n) is 6.87. The summed E-state index contributed by atoms with van der Waals surface area (Å²) < 4.78 is 21.8. The molecule has 0 saturated carbocycles. The molecule has 0 saturated heterocycles. The van der Waals surface area contributed by atoms with E-state index in [1.54, 1.807) is 0 Å². The molecule has 3 aromatic rings. The maximum atomic E-state index is 12.3. The van der Waals surface area contributed by atoms with E-state index in [1.165, 1.54) is 0 Å². The number of rotatable bonds is 17. The minimum Gasteiger partial charge on any atom is -0.485 e. The molecule has 0 heterocycles. The van der Waals surface area contributed by atoms with Gasteiger partial charge in [-0.3, -0.25) is 9.59 Å². The zero-order valence-electron chi connectivity index (χ0n) is 24.5. The smallest absolute Gasteiger partial charge is 0.485 e. The molecule has 0 aliphatic rings.